The van der Waals surface area contributed by atoms with E-state index in [2.05, 4.69) is 15.9 Å². The van der Waals surface area contributed by atoms with E-state index in [0.717, 1.165) is 15.6 Å². The van der Waals surface area contributed by atoms with Crippen molar-refractivity contribution in [3.05, 3.63) is 62.6 Å². The van der Waals surface area contributed by atoms with E-state index in [4.69, 9.17) is 32.7 Å². The van der Waals surface area contributed by atoms with Gasteiger partial charge in [-0.25, -0.2) is 0 Å². The summed E-state index contributed by atoms with van der Waals surface area (Å²) in [6, 6.07) is 13.6. The second-order valence-corrected chi connectivity index (χ2v) is 6.01. The molecule has 0 bridgehead atoms. The van der Waals surface area contributed by atoms with Crippen molar-refractivity contribution in [3.63, 3.8) is 0 Å². The Hall–Kier alpha value is -1.16. The summed E-state index contributed by atoms with van der Waals surface area (Å²) in [5, 5.41) is 0. The summed E-state index contributed by atoms with van der Waals surface area (Å²) >= 11 is 14.9. The first-order valence-corrected chi connectivity index (χ1v) is 7.72. The lowest BCUT2D eigenvalue weighted by molar-refractivity contribution is 0.282. The number of rotatable bonds is 5. The van der Waals surface area contributed by atoms with Crippen LogP contribution in [0.25, 0.3) is 6.08 Å². The van der Waals surface area contributed by atoms with E-state index in [9.17, 15) is 0 Å². The van der Waals surface area contributed by atoms with Crippen molar-refractivity contribution >= 4 is 45.2 Å². The first-order chi connectivity index (χ1) is 10.1. The van der Waals surface area contributed by atoms with E-state index in [1.54, 1.807) is 13.2 Å². The SMILES string of the molecule is COc1ccc(C=C(Cl)Cl)c(Br)c1OCc1ccccc1. The normalized spacial score (nSPS) is 10.1. The van der Waals surface area contributed by atoms with Crippen LogP contribution in [0.3, 0.4) is 0 Å². The molecule has 0 aliphatic rings. The quantitative estimate of drug-likeness (QED) is 0.644. The van der Waals surface area contributed by atoms with Crippen molar-refractivity contribution in [2.24, 2.45) is 0 Å². The molecule has 0 fully saturated rings. The van der Waals surface area contributed by atoms with Crippen molar-refractivity contribution in [1.29, 1.82) is 0 Å². The van der Waals surface area contributed by atoms with Gasteiger partial charge in [-0.15, -0.1) is 0 Å². The summed E-state index contributed by atoms with van der Waals surface area (Å²) in [6.07, 6.45) is 1.64. The van der Waals surface area contributed by atoms with Crippen molar-refractivity contribution in [2.75, 3.05) is 7.11 Å². The molecule has 0 aliphatic heterocycles. The largest absolute Gasteiger partial charge is 0.493 e. The second-order valence-electron chi connectivity index (χ2n) is 4.21. The van der Waals surface area contributed by atoms with Crippen LogP contribution < -0.4 is 9.47 Å². The van der Waals surface area contributed by atoms with Crippen LogP contribution in [0.5, 0.6) is 11.5 Å². The van der Waals surface area contributed by atoms with Crippen LogP contribution >= 0.6 is 39.1 Å². The monoisotopic (exact) mass is 386 g/mol. The number of benzene rings is 2. The fourth-order valence-electron chi connectivity index (χ4n) is 1.81. The van der Waals surface area contributed by atoms with E-state index < -0.39 is 0 Å². The minimum Gasteiger partial charge on any atom is -0.493 e. The molecule has 2 rings (SSSR count). The van der Waals surface area contributed by atoms with Crippen molar-refractivity contribution < 1.29 is 9.47 Å². The summed E-state index contributed by atoms with van der Waals surface area (Å²) in [7, 11) is 1.60. The van der Waals surface area contributed by atoms with Crippen LogP contribution in [0.15, 0.2) is 51.4 Å². The van der Waals surface area contributed by atoms with Gasteiger partial charge < -0.3 is 9.47 Å². The smallest absolute Gasteiger partial charge is 0.176 e. The number of hydrogen-bond donors (Lipinski definition) is 0. The van der Waals surface area contributed by atoms with Crippen molar-refractivity contribution in [3.8, 4) is 11.5 Å². The first-order valence-electron chi connectivity index (χ1n) is 6.17. The van der Waals surface area contributed by atoms with Crippen molar-refractivity contribution in [2.45, 2.75) is 6.61 Å². The Kier molecular flexibility index (Phi) is 5.97. The van der Waals surface area contributed by atoms with Crippen LogP contribution in [0, 0.1) is 0 Å². The zero-order valence-electron chi connectivity index (χ0n) is 11.3. The molecule has 2 aromatic rings. The van der Waals surface area contributed by atoms with Crippen LogP contribution in [-0.4, -0.2) is 7.11 Å². The van der Waals surface area contributed by atoms with Gasteiger partial charge in [-0.05, 0) is 45.3 Å². The molecular weight excluding hydrogens is 375 g/mol. The molecule has 0 amide bonds. The zero-order chi connectivity index (χ0) is 15.2. The van der Waals surface area contributed by atoms with E-state index in [-0.39, 0.29) is 4.49 Å². The van der Waals surface area contributed by atoms with Crippen LogP contribution in [0.1, 0.15) is 11.1 Å². The lowest BCUT2D eigenvalue weighted by atomic mass is 10.2. The Morgan fingerprint density at radius 3 is 2.48 bits per heavy atom. The highest BCUT2D eigenvalue weighted by Crippen LogP contribution is 2.39. The summed E-state index contributed by atoms with van der Waals surface area (Å²) in [5.74, 6) is 1.25. The standard InChI is InChI=1S/C16H13BrCl2O2/c1-20-13-8-7-12(9-14(18)19)15(17)16(13)21-10-11-5-3-2-4-6-11/h2-9H,10H2,1H3. The van der Waals surface area contributed by atoms with Gasteiger partial charge in [0.25, 0.3) is 0 Å². The average molecular weight is 388 g/mol. The Morgan fingerprint density at radius 1 is 1.14 bits per heavy atom. The Balaban J connectivity index is 2.30. The molecule has 0 spiro atoms. The van der Waals surface area contributed by atoms with Gasteiger partial charge in [0.2, 0.25) is 0 Å². The summed E-state index contributed by atoms with van der Waals surface area (Å²) < 4.78 is 12.1. The number of ether oxygens (including phenoxy) is 2. The highest BCUT2D eigenvalue weighted by atomic mass is 79.9. The van der Waals surface area contributed by atoms with E-state index >= 15 is 0 Å². The maximum atomic E-state index is 5.88. The number of hydrogen-bond acceptors (Lipinski definition) is 2. The summed E-state index contributed by atoms with van der Waals surface area (Å²) in [5.41, 5.74) is 1.89. The molecule has 0 heterocycles. The molecule has 0 saturated heterocycles. The van der Waals surface area contributed by atoms with Gasteiger partial charge in [-0.2, -0.15) is 0 Å². The molecule has 0 aromatic heterocycles. The third-order valence-electron chi connectivity index (χ3n) is 2.80. The topological polar surface area (TPSA) is 18.5 Å². The molecule has 110 valence electrons. The third kappa shape index (κ3) is 4.40. The van der Waals surface area contributed by atoms with E-state index in [1.807, 2.05) is 42.5 Å². The zero-order valence-corrected chi connectivity index (χ0v) is 14.4. The minimum absolute atomic E-state index is 0.176. The molecule has 0 radical (unpaired) electrons. The molecule has 21 heavy (non-hydrogen) atoms. The first kappa shape index (κ1) is 16.2. The fraction of sp³-hybridized carbons (Fsp3) is 0.125. The molecular formula is C16H13BrCl2O2. The number of halogens is 3. The maximum Gasteiger partial charge on any atom is 0.176 e. The highest BCUT2D eigenvalue weighted by Gasteiger charge is 2.13. The molecule has 0 unspecified atom stereocenters. The van der Waals surface area contributed by atoms with Gasteiger partial charge in [-0.3, -0.25) is 0 Å². The van der Waals surface area contributed by atoms with Gasteiger partial charge in [0.05, 0.1) is 11.6 Å². The second kappa shape index (κ2) is 7.74. The predicted octanol–water partition coefficient (Wildman–Crippen LogP) is 5.81. The molecule has 0 N–H and O–H groups in total. The molecule has 0 aliphatic carbocycles. The summed E-state index contributed by atoms with van der Waals surface area (Å²) in [6.45, 7) is 0.442. The Bertz CT molecular complexity index is 638. The van der Waals surface area contributed by atoms with Crippen LogP contribution in [0.2, 0.25) is 0 Å². The molecule has 2 nitrogen and oxygen atoms in total. The van der Waals surface area contributed by atoms with Gasteiger partial charge in [0.1, 0.15) is 11.1 Å². The van der Waals surface area contributed by atoms with Crippen molar-refractivity contribution in [1.82, 2.24) is 0 Å². The molecule has 5 heteroatoms. The van der Waals surface area contributed by atoms with Gasteiger partial charge in [0, 0.05) is 0 Å². The number of methoxy groups -OCH3 is 1. The highest BCUT2D eigenvalue weighted by molar-refractivity contribution is 9.10. The lowest BCUT2D eigenvalue weighted by Gasteiger charge is -2.14. The molecule has 0 saturated carbocycles. The van der Waals surface area contributed by atoms with Crippen LogP contribution in [-0.2, 0) is 6.61 Å². The predicted molar refractivity (Wildman–Crippen MR) is 91.2 cm³/mol. The maximum absolute atomic E-state index is 5.88. The van der Waals surface area contributed by atoms with Gasteiger partial charge in [0.15, 0.2) is 11.5 Å². The molecule has 0 atom stereocenters. The Labute approximate surface area is 142 Å². The third-order valence-corrected chi connectivity index (χ3v) is 3.84. The summed E-state index contributed by atoms with van der Waals surface area (Å²) in [4.78, 5) is 0. The Morgan fingerprint density at radius 2 is 1.86 bits per heavy atom. The van der Waals surface area contributed by atoms with E-state index in [1.165, 1.54) is 0 Å². The average Bonchev–Trinajstić information content (AvgIpc) is 2.48. The van der Waals surface area contributed by atoms with Gasteiger partial charge in [-0.1, -0.05) is 53.5 Å². The minimum atomic E-state index is 0.176. The lowest BCUT2D eigenvalue weighted by Crippen LogP contribution is -1.99. The van der Waals surface area contributed by atoms with Crippen LogP contribution in [0.4, 0.5) is 0 Å². The van der Waals surface area contributed by atoms with E-state index in [0.29, 0.717) is 18.1 Å². The van der Waals surface area contributed by atoms with Gasteiger partial charge >= 0.3 is 0 Å². The molecule has 2 aromatic carbocycles. The fourth-order valence-corrected chi connectivity index (χ4v) is 2.60.